The van der Waals surface area contributed by atoms with Gasteiger partial charge in [0.1, 0.15) is 13.2 Å². The van der Waals surface area contributed by atoms with E-state index in [4.69, 9.17) is 14.2 Å². The molecule has 6 nitrogen and oxygen atoms in total. The van der Waals surface area contributed by atoms with Crippen LogP contribution in [0.5, 0.6) is 0 Å². The fraction of sp³-hybridized carbons (Fsp3) is 0.685. The van der Waals surface area contributed by atoms with E-state index in [0.29, 0.717) is 19.3 Å². The van der Waals surface area contributed by atoms with Gasteiger partial charge in [0.25, 0.3) is 0 Å². The van der Waals surface area contributed by atoms with Gasteiger partial charge in [0.05, 0.1) is 0 Å². The van der Waals surface area contributed by atoms with E-state index in [0.717, 1.165) is 128 Å². The molecule has 0 aromatic carbocycles. The van der Waals surface area contributed by atoms with E-state index in [1.54, 1.807) is 0 Å². The molecule has 1 unspecified atom stereocenters. The van der Waals surface area contributed by atoms with E-state index in [9.17, 15) is 14.4 Å². The van der Waals surface area contributed by atoms with Crippen molar-refractivity contribution in [3.05, 3.63) is 122 Å². The molecule has 0 aliphatic carbocycles. The second kappa shape index (κ2) is 66.3. The van der Waals surface area contributed by atoms with Crippen LogP contribution >= 0.6 is 0 Å². The molecule has 0 radical (unpaired) electrons. The monoisotopic (exact) mass is 1090 g/mol. The Morgan fingerprint density at radius 2 is 0.494 bits per heavy atom. The Morgan fingerprint density at radius 1 is 0.266 bits per heavy atom. The van der Waals surface area contributed by atoms with Crippen LogP contribution in [0.4, 0.5) is 0 Å². The fourth-order valence-electron chi connectivity index (χ4n) is 9.09. The number of hydrogen-bond donors (Lipinski definition) is 0. The smallest absolute Gasteiger partial charge is 0.306 e. The molecule has 0 amide bonds. The lowest BCUT2D eigenvalue weighted by molar-refractivity contribution is -0.167. The van der Waals surface area contributed by atoms with E-state index >= 15 is 0 Å². The van der Waals surface area contributed by atoms with Crippen molar-refractivity contribution in [2.45, 2.75) is 309 Å². The van der Waals surface area contributed by atoms with E-state index in [2.05, 4.69) is 142 Å². The molecule has 0 fully saturated rings. The normalized spacial score (nSPS) is 12.9. The summed E-state index contributed by atoms with van der Waals surface area (Å²) in [5.41, 5.74) is 0. The highest BCUT2D eigenvalue weighted by atomic mass is 16.6. The lowest BCUT2D eigenvalue weighted by Gasteiger charge is -2.18. The number of hydrogen-bond acceptors (Lipinski definition) is 6. The van der Waals surface area contributed by atoms with Crippen LogP contribution in [0.1, 0.15) is 303 Å². The van der Waals surface area contributed by atoms with Gasteiger partial charge in [-0.3, -0.25) is 14.4 Å². The molecule has 0 saturated carbocycles. The minimum absolute atomic E-state index is 0.0795. The van der Waals surface area contributed by atoms with Gasteiger partial charge in [0.15, 0.2) is 6.10 Å². The first kappa shape index (κ1) is 74.8. The molecule has 450 valence electrons. The van der Waals surface area contributed by atoms with Crippen LogP contribution in [0.2, 0.25) is 0 Å². The average Bonchev–Trinajstić information content (AvgIpc) is 3.45. The van der Waals surface area contributed by atoms with E-state index in [1.165, 1.54) is 135 Å². The molecule has 0 aliphatic rings. The van der Waals surface area contributed by atoms with Crippen molar-refractivity contribution in [1.29, 1.82) is 0 Å². The van der Waals surface area contributed by atoms with Gasteiger partial charge in [-0.2, -0.15) is 0 Å². The highest BCUT2D eigenvalue weighted by Gasteiger charge is 2.19. The molecule has 0 N–H and O–H groups in total. The number of unbranched alkanes of at least 4 members (excludes halogenated alkanes) is 28. The summed E-state index contributed by atoms with van der Waals surface area (Å²) < 4.78 is 16.8. The van der Waals surface area contributed by atoms with Gasteiger partial charge < -0.3 is 14.2 Å². The third-order valence-corrected chi connectivity index (χ3v) is 14.0. The molecule has 0 saturated heterocycles. The van der Waals surface area contributed by atoms with Crippen LogP contribution in [0, 0.1) is 0 Å². The van der Waals surface area contributed by atoms with Crippen LogP contribution in [0.25, 0.3) is 0 Å². The molecule has 0 heterocycles. The number of carbonyl (C=O) groups is 3. The van der Waals surface area contributed by atoms with E-state index < -0.39 is 6.10 Å². The third-order valence-electron chi connectivity index (χ3n) is 14.0. The van der Waals surface area contributed by atoms with Gasteiger partial charge in [-0.1, -0.05) is 296 Å². The van der Waals surface area contributed by atoms with Crippen molar-refractivity contribution in [3.8, 4) is 0 Å². The maximum atomic E-state index is 12.8. The lowest BCUT2D eigenvalue weighted by atomic mass is 10.0. The van der Waals surface area contributed by atoms with Crippen LogP contribution < -0.4 is 0 Å². The maximum absolute atomic E-state index is 12.8. The molecular weight excluding hydrogens is 973 g/mol. The summed E-state index contributed by atoms with van der Waals surface area (Å²) in [6, 6.07) is 0. The summed E-state index contributed by atoms with van der Waals surface area (Å²) in [6.45, 7) is 6.34. The molecule has 0 aliphatic heterocycles. The highest BCUT2D eigenvalue weighted by Crippen LogP contribution is 2.16. The van der Waals surface area contributed by atoms with Crippen LogP contribution in [0.3, 0.4) is 0 Å². The Balaban J connectivity index is 4.03. The number of ether oxygens (including phenoxy) is 3. The molecule has 0 spiro atoms. The summed E-state index contributed by atoms with van der Waals surface area (Å²) in [4.78, 5) is 38.0. The van der Waals surface area contributed by atoms with Gasteiger partial charge in [-0.05, 0) is 109 Å². The Kier molecular flexibility index (Phi) is 62.8. The maximum Gasteiger partial charge on any atom is 0.306 e. The van der Waals surface area contributed by atoms with Crippen molar-refractivity contribution >= 4 is 17.9 Å². The van der Waals surface area contributed by atoms with Crippen molar-refractivity contribution in [2.24, 2.45) is 0 Å². The predicted octanol–water partition coefficient (Wildman–Crippen LogP) is 22.8. The summed E-state index contributed by atoms with van der Waals surface area (Å²) in [5.74, 6) is -0.891. The average molecular weight is 1100 g/mol. The van der Waals surface area contributed by atoms with Gasteiger partial charge in [0, 0.05) is 19.3 Å². The van der Waals surface area contributed by atoms with Gasteiger partial charge in [0.2, 0.25) is 0 Å². The number of allylic oxidation sites excluding steroid dienone is 20. The van der Waals surface area contributed by atoms with Crippen molar-refractivity contribution in [3.63, 3.8) is 0 Å². The van der Waals surface area contributed by atoms with Crippen molar-refractivity contribution in [1.82, 2.24) is 0 Å². The molecule has 0 rings (SSSR count). The SMILES string of the molecule is CC/C=C\C/C=C\C/C=C\C/C=C\C/C=C\C/C=C\CCCCCCCCCCCCCCC(=O)OCC(COC(=O)CCCCCCC)OC(=O)CCCCCCCCCCCCCC/C=C\C/C=C\C/C=C\C/C=C\CC. The van der Waals surface area contributed by atoms with Gasteiger partial charge in [-0.25, -0.2) is 0 Å². The zero-order valence-corrected chi connectivity index (χ0v) is 51.6. The Hall–Kier alpha value is -4.19. The summed E-state index contributed by atoms with van der Waals surface area (Å²) in [6.07, 6.45) is 92.6. The summed E-state index contributed by atoms with van der Waals surface area (Å²) in [7, 11) is 0. The van der Waals surface area contributed by atoms with Crippen molar-refractivity contribution in [2.75, 3.05) is 13.2 Å². The zero-order chi connectivity index (χ0) is 57.1. The second-order valence-electron chi connectivity index (χ2n) is 21.6. The third kappa shape index (κ3) is 64.5. The standard InChI is InChI=1S/C73H122O6/c1-4-7-10-13-15-17-19-21-23-25-27-29-31-33-34-35-36-37-38-40-41-43-45-47-49-51-53-55-57-60-63-66-72(75)78-69-70(68-77-71(74)65-62-59-12-9-6-3)79-73(76)67-64-61-58-56-54-52-50-48-46-44-42-39-32-30-28-26-24-22-20-18-16-14-11-8-5-2/h7-8,10-11,15-18,21-24,27-30,33-34,36-37,70H,4-6,9,12-14,19-20,25-26,31-32,35,38-69H2,1-3H3/b10-7-,11-8-,17-15-,18-16-,23-21-,24-22-,29-27-,30-28-,34-33-,37-36-. The summed E-state index contributed by atoms with van der Waals surface area (Å²) in [5, 5.41) is 0. The Labute approximate surface area is 488 Å². The van der Waals surface area contributed by atoms with Crippen LogP contribution in [-0.2, 0) is 28.6 Å². The quantitative estimate of drug-likeness (QED) is 0.0261. The molecule has 0 aromatic rings. The Morgan fingerprint density at radius 3 is 0.772 bits per heavy atom. The minimum atomic E-state index is -0.778. The van der Waals surface area contributed by atoms with Crippen molar-refractivity contribution < 1.29 is 28.6 Å². The Bertz CT molecular complexity index is 1640. The first-order valence-corrected chi connectivity index (χ1v) is 33.0. The van der Waals surface area contributed by atoms with Crippen LogP contribution in [-0.4, -0.2) is 37.2 Å². The fourth-order valence-corrected chi connectivity index (χ4v) is 9.09. The van der Waals surface area contributed by atoms with Gasteiger partial charge in [-0.15, -0.1) is 0 Å². The molecule has 0 aromatic heterocycles. The molecule has 6 heteroatoms. The lowest BCUT2D eigenvalue weighted by Crippen LogP contribution is -2.30. The molecule has 0 bridgehead atoms. The number of esters is 3. The predicted molar refractivity (Wildman–Crippen MR) is 343 cm³/mol. The number of rotatable bonds is 59. The summed E-state index contributed by atoms with van der Waals surface area (Å²) >= 11 is 0. The van der Waals surface area contributed by atoms with E-state index in [-0.39, 0.29) is 31.1 Å². The first-order valence-electron chi connectivity index (χ1n) is 33.0. The van der Waals surface area contributed by atoms with Crippen LogP contribution in [0.15, 0.2) is 122 Å². The van der Waals surface area contributed by atoms with Gasteiger partial charge >= 0.3 is 17.9 Å². The molecule has 79 heavy (non-hydrogen) atoms. The first-order chi connectivity index (χ1) is 39.0. The molecule has 1 atom stereocenters. The highest BCUT2D eigenvalue weighted by molar-refractivity contribution is 5.71. The second-order valence-corrected chi connectivity index (χ2v) is 21.6. The largest absolute Gasteiger partial charge is 0.462 e. The topological polar surface area (TPSA) is 78.9 Å². The molecular formula is C73H122O6. The minimum Gasteiger partial charge on any atom is -0.462 e. The van der Waals surface area contributed by atoms with E-state index in [1.807, 2.05) is 0 Å². The zero-order valence-electron chi connectivity index (χ0n) is 51.6. The number of carbonyl (C=O) groups excluding carboxylic acids is 3.